The zero-order valence-electron chi connectivity index (χ0n) is 21.4. The Morgan fingerprint density at radius 2 is 1.58 bits per heavy atom. The van der Waals surface area contributed by atoms with E-state index in [9.17, 15) is 14.4 Å². The van der Waals surface area contributed by atoms with Crippen molar-refractivity contribution >= 4 is 23.5 Å². The maximum absolute atomic E-state index is 13.9. The van der Waals surface area contributed by atoms with Gasteiger partial charge in [-0.25, -0.2) is 4.90 Å². The number of benzene rings is 2. The van der Waals surface area contributed by atoms with Crippen LogP contribution in [0, 0.1) is 18.8 Å². The van der Waals surface area contributed by atoms with Crippen LogP contribution in [0.4, 0.5) is 5.69 Å². The molecule has 2 aromatic rings. The molecule has 2 heterocycles. The van der Waals surface area contributed by atoms with Crippen LogP contribution in [-0.2, 0) is 19.1 Å². The van der Waals surface area contributed by atoms with Gasteiger partial charge in [0.1, 0.15) is 5.54 Å². The maximum atomic E-state index is 13.9. The van der Waals surface area contributed by atoms with E-state index in [1.165, 1.54) is 33.3 Å². The smallest absolute Gasteiger partial charge is 0.326 e. The molecule has 2 saturated heterocycles. The van der Waals surface area contributed by atoms with Crippen LogP contribution in [0.15, 0.2) is 36.4 Å². The Labute approximate surface area is 210 Å². The highest BCUT2D eigenvalue weighted by molar-refractivity contribution is 6.24. The Morgan fingerprint density at radius 3 is 2.08 bits per heavy atom. The molecule has 0 bridgehead atoms. The summed E-state index contributed by atoms with van der Waals surface area (Å²) in [5, 5.41) is 3.36. The third-order valence-electron chi connectivity index (χ3n) is 7.19. The van der Waals surface area contributed by atoms with E-state index in [0.29, 0.717) is 41.3 Å². The molecule has 1 N–H and O–H groups in total. The summed E-state index contributed by atoms with van der Waals surface area (Å²) in [6, 6.07) is 9.98. The molecular weight excluding hydrogens is 464 g/mol. The number of fused-ring (bicyclic) bond motifs is 1. The molecule has 0 radical (unpaired) electrons. The fraction of sp³-hybridized carbons (Fsp3) is 0.444. The van der Waals surface area contributed by atoms with Crippen LogP contribution in [0.3, 0.4) is 0 Å². The predicted octanol–water partition coefficient (Wildman–Crippen LogP) is 3.18. The van der Waals surface area contributed by atoms with Crippen LogP contribution in [-0.4, -0.2) is 51.8 Å². The minimum atomic E-state index is -1.37. The number of amides is 2. The summed E-state index contributed by atoms with van der Waals surface area (Å²) in [5.41, 5.74) is 0.743. The number of hydrogen-bond donors (Lipinski definition) is 1. The van der Waals surface area contributed by atoms with Crippen LogP contribution >= 0.6 is 0 Å². The first-order chi connectivity index (χ1) is 17.3. The molecule has 4 atom stereocenters. The van der Waals surface area contributed by atoms with E-state index >= 15 is 0 Å². The summed E-state index contributed by atoms with van der Waals surface area (Å²) < 4.78 is 21.7. The number of nitrogens with one attached hydrogen (secondary N) is 1. The number of carbonyl (C=O) groups excluding carboxylic acids is 3. The molecule has 9 heteroatoms. The number of hydrogen-bond acceptors (Lipinski definition) is 8. The van der Waals surface area contributed by atoms with Gasteiger partial charge in [-0.2, -0.15) is 0 Å². The lowest BCUT2D eigenvalue weighted by atomic mass is 9.77. The molecule has 2 fully saturated rings. The van der Waals surface area contributed by atoms with E-state index in [0.717, 1.165) is 5.56 Å². The highest BCUT2D eigenvalue weighted by atomic mass is 16.5. The minimum absolute atomic E-state index is 0.322. The minimum Gasteiger partial charge on any atom is -0.493 e. The monoisotopic (exact) mass is 496 g/mol. The van der Waals surface area contributed by atoms with Crippen molar-refractivity contribution in [3.8, 4) is 17.2 Å². The Bertz CT molecular complexity index is 1150. The van der Waals surface area contributed by atoms with E-state index in [4.69, 9.17) is 18.9 Å². The van der Waals surface area contributed by atoms with Gasteiger partial charge in [-0.15, -0.1) is 0 Å². The van der Waals surface area contributed by atoms with E-state index < -0.39 is 35.3 Å². The van der Waals surface area contributed by atoms with Gasteiger partial charge in [-0.05, 0) is 43.2 Å². The predicted molar refractivity (Wildman–Crippen MR) is 132 cm³/mol. The van der Waals surface area contributed by atoms with Crippen molar-refractivity contribution in [2.24, 2.45) is 11.8 Å². The quantitative estimate of drug-likeness (QED) is 0.439. The molecule has 4 rings (SSSR count). The standard InChI is InChI=1S/C27H32N2O7/c1-7-12-27(26(32)36-6)21-20(24(30)29(25(21)31)17-10-8-15(2)9-11-17)22(28-27)16-13-18(33-3)23(35-5)19(14-16)34-4/h8-11,13-14,20-22,28H,7,12H2,1-6H3/t20-,21-,22-,27+/m0/s1. The van der Waals surface area contributed by atoms with Crippen molar-refractivity contribution in [1.82, 2.24) is 5.32 Å². The van der Waals surface area contributed by atoms with Gasteiger partial charge in [-0.1, -0.05) is 31.0 Å². The number of nitrogens with zero attached hydrogens (tertiary/aromatic N) is 1. The molecule has 0 spiro atoms. The molecule has 2 amide bonds. The summed E-state index contributed by atoms with van der Waals surface area (Å²) in [6.45, 7) is 3.85. The number of aryl methyl sites for hydroxylation is 1. The number of imide groups is 1. The Morgan fingerprint density at radius 1 is 0.972 bits per heavy atom. The fourth-order valence-electron chi connectivity index (χ4n) is 5.61. The van der Waals surface area contributed by atoms with Crippen molar-refractivity contribution in [2.45, 2.75) is 38.3 Å². The zero-order chi connectivity index (χ0) is 26.2. The first kappa shape index (κ1) is 25.5. The molecule has 2 aliphatic heterocycles. The van der Waals surface area contributed by atoms with Gasteiger partial charge in [0, 0.05) is 6.04 Å². The van der Waals surface area contributed by atoms with E-state index in [-0.39, 0.29) is 5.91 Å². The normalized spacial score (nSPS) is 25.1. The van der Waals surface area contributed by atoms with Crippen molar-refractivity contribution in [3.05, 3.63) is 47.5 Å². The van der Waals surface area contributed by atoms with E-state index in [1.54, 1.807) is 24.3 Å². The van der Waals surface area contributed by atoms with Crippen LogP contribution in [0.5, 0.6) is 17.2 Å². The first-order valence-electron chi connectivity index (χ1n) is 11.9. The summed E-state index contributed by atoms with van der Waals surface area (Å²) in [4.78, 5) is 42.3. The molecule has 192 valence electrons. The van der Waals surface area contributed by atoms with Gasteiger partial charge in [-0.3, -0.25) is 19.7 Å². The highest BCUT2D eigenvalue weighted by Gasteiger charge is 2.68. The Balaban J connectivity index is 1.90. The number of esters is 1. The number of carbonyl (C=O) groups is 3. The topological polar surface area (TPSA) is 103 Å². The maximum Gasteiger partial charge on any atom is 0.326 e. The lowest BCUT2D eigenvalue weighted by Gasteiger charge is -2.32. The SMILES string of the molecule is CCC[C@@]1(C(=O)OC)N[C@@H](c2cc(OC)c(OC)c(OC)c2)[C@H]2C(=O)N(c3ccc(C)cc3)C(=O)[C@H]21. The average Bonchev–Trinajstić information content (AvgIpc) is 3.37. The van der Waals surface area contributed by atoms with Crippen LogP contribution < -0.4 is 24.4 Å². The molecule has 2 aromatic carbocycles. The van der Waals surface area contributed by atoms with Gasteiger partial charge in [0.15, 0.2) is 11.5 Å². The van der Waals surface area contributed by atoms with Gasteiger partial charge in [0.05, 0.1) is 46.0 Å². The molecule has 9 nitrogen and oxygen atoms in total. The molecule has 0 unspecified atom stereocenters. The largest absolute Gasteiger partial charge is 0.493 e. The molecule has 36 heavy (non-hydrogen) atoms. The summed E-state index contributed by atoms with van der Waals surface area (Å²) in [5.74, 6) is -1.93. The summed E-state index contributed by atoms with van der Waals surface area (Å²) in [7, 11) is 5.81. The van der Waals surface area contributed by atoms with Crippen molar-refractivity contribution < 1.29 is 33.3 Å². The molecule has 0 aromatic heterocycles. The average molecular weight is 497 g/mol. The first-order valence-corrected chi connectivity index (χ1v) is 11.9. The second kappa shape index (κ2) is 9.81. The van der Waals surface area contributed by atoms with Gasteiger partial charge in [0.25, 0.3) is 0 Å². The number of ether oxygens (including phenoxy) is 4. The fourth-order valence-corrected chi connectivity index (χ4v) is 5.61. The third kappa shape index (κ3) is 3.78. The van der Waals surface area contributed by atoms with Gasteiger partial charge >= 0.3 is 5.97 Å². The van der Waals surface area contributed by atoms with Crippen LogP contribution in [0.1, 0.15) is 36.9 Å². The third-order valence-corrected chi connectivity index (χ3v) is 7.19. The summed E-state index contributed by atoms with van der Waals surface area (Å²) in [6.07, 6.45) is 0.918. The van der Waals surface area contributed by atoms with Crippen molar-refractivity contribution in [3.63, 3.8) is 0 Å². The number of methoxy groups -OCH3 is 4. The lowest BCUT2D eigenvalue weighted by molar-refractivity contribution is -0.152. The molecule has 0 saturated carbocycles. The number of rotatable bonds is 8. The van der Waals surface area contributed by atoms with Gasteiger partial charge < -0.3 is 18.9 Å². The lowest BCUT2D eigenvalue weighted by Crippen LogP contribution is -2.56. The Kier molecular flexibility index (Phi) is 6.95. The zero-order valence-corrected chi connectivity index (χ0v) is 21.4. The van der Waals surface area contributed by atoms with E-state index in [1.807, 2.05) is 26.0 Å². The molecule has 2 aliphatic rings. The summed E-state index contributed by atoms with van der Waals surface area (Å²) >= 11 is 0. The van der Waals surface area contributed by atoms with Crippen LogP contribution in [0.25, 0.3) is 0 Å². The second-order valence-corrected chi connectivity index (χ2v) is 9.14. The van der Waals surface area contributed by atoms with E-state index in [2.05, 4.69) is 5.32 Å². The highest BCUT2D eigenvalue weighted by Crippen LogP contribution is 2.53. The van der Waals surface area contributed by atoms with Gasteiger partial charge in [0.2, 0.25) is 17.6 Å². The van der Waals surface area contributed by atoms with Crippen molar-refractivity contribution in [2.75, 3.05) is 33.3 Å². The number of anilines is 1. The van der Waals surface area contributed by atoms with Crippen LogP contribution in [0.2, 0.25) is 0 Å². The Hall–Kier alpha value is -3.59. The van der Waals surface area contributed by atoms with Crippen molar-refractivity contribution in [1.29, 1.82) is 0 Å². The second-order valence-electron chi connectivity index (χ2n) is 9.14. The molecular formula is C27H32N2O7. The molecule has 0 aliphatic carbocycles.